The Morgan fingerprint density at radius 1 is 1.43 bits per heavy atom. The first kappa shape index (κ1) is 13.1. The summed E-state index contributed by atoms with van der Waals surface area (Å²) in [5.41, 5.74) is 9.25. The zero-order valence-corrected chi connectivity index (χ0v) is 12.5. The third-order valence-electron chi connectivity index (χ3n) is 5.23. The number of fused-ring (bicyclic) bond motifs is 3. The van der Waals surface area contributed by atoms with Crippen molar-refractivity contribution >= 4 is 5.96 Å². The first-order valence-corrected chi connectivity index (χ1v) is 7.98. The standard InChI is InChI=1S/C17H23N3O/c1-11-10-20(6-7-21-11)17(18)19-9-15-14-8-12-4-2-3-5-13(12)16(14)15/h2-5,11,14-16H,6-10H2,1H3,(H2,18,19). The van der Waals surface area contributed by atoms with E-state index in [4.69, 9.17) is 10.5 Å². The van der Waals surface area contributed by atoms with Crippen LogP contribution >= 0.6 is 0 Å². The van der Waals surface area contributed by atoms with Crippen molar-refractivity contribution < 1.29 is 4.74 Å². The second kappa shape index (κ2) is 5.02. The van der Waals surface area contributed by atoms with E-state index in [1.807, 2.05) is 0 Å². The molecule has 0 bridgehead atoms. The highest BCUT2D eigenvalue weighted by atomic mass is 16.5. The van der Waals surface area contributed by atoms with Gasteiger partial charge in [-0.05, 0) is 42.2 Å². The molecule has 1 saturated carbocycles. The van der Waals surface area contributed by atoms with Crippen molar-refractivity contribution in [1.82, 2.24) is 4.90 Å². The largest absolute Gasteiger partial charge is 0.375 e. The summed E-state index contributed by atoms with van der Waals surface area (Å²) < 4.78 is 5.54. The lowest BCUT2D eigenvalue weighted by molar-refractivity contribution is 0.00529. The Labute approximate surface area is 126 Å². The lowest BCUT2D eigenvalue weighted by atomic mass is 10.0. The molecule has 4 rings (SSSR count). The average Bonchev–Trinajstić information content (AvgIpc) is 3.03. The first-order chi connectivity index (χ1) is 10.2. The number of hydrogen-bond acceptors (Lipinski definition) is 2. The van der Waals surface area contributed by atoms with Crippen LogP contribution in [0, 0.1) is 11.8 Å². The van der Waals surface area contributed by atoms with Crippen molar-refractivity contribution in [2.24, 2.45) is 22.6 Å². The van der Waals surface area contributed by atoms with Crippen LogP contribution < -0.4 is 5.73 Å². The maximum absolute atomic E-state index is 6.15. The number of nitrogens with zero attached hydrogens (tertiary/aromatic N) is 2. The fourth-order valence-corrected chi connectivity index (χ4v) is 4.06. The molecule has 0 amide bonds. The van der Waals surface area contributed by atoms with Gasteiger partial charge in [-0.1, -0.05) is 24.3 Å². The molecule has 4 nitrogen and oxygen atoms in total. The molecule has 0 aromatic heterocycles. The minimum Gasteiger partial charge on any atom is -0.375 e. The number of ether oxygens (including phenoxy) is 1. The fourth-order valence-electron chi connectivity index (χ4n) is 4.06. The predicted molar refractivity (Wildman–Crippen MR) is 83.3 cm³/mol. The SMILES string of the molecule is CC1CN(C(N)=NCC2C3Cc4ccccc4C23)CCO1. The van der Waals surface area contributed by atoms with Crippen LogP contribution in [0.4, 0.5) is 0 Å². The molecular weight excluding hydrogens is 262 g/mol. The Bertz CT molecular complexity index is 571. The molecule has 1 saturated heterocycles. The number of hydrogen-bond donors (Lipinski definition) is 1. The summed E-state index contributed by atoms with van der Waals surface area (Å²) in [6.07, 6.45) is 1.48. The highest BCUT2D eigenvalue weighted by Crippen LogP contribution is 2.61. The van der Waals surface area contributed by atoms with Crippen molar-refractivity contribution in [1.29, 1.82) is 0 Å². The molecule has 4 heteroatoms. The maximum atomic E-state index is 6.15. The van der Waals surface area contributed by atoms with Gasteiger partial charge in [-0.15, -0.1) is 0 Å². The molecule has 2 aliphatic carbocycles. The van der Waals surface area contributed by atoms with Gasteiger partial charge in [0.25, 0.3) is 0 Å². The second-order valence-electron chi connectivity index (χ2n) is 6.58. The second-order valence-corrected chi connectivity index (χ2v) is 6.58. The summed E-state index contributed by atoms with van der Waals surface area (Å²) >= 11 is 0. The quantitative estimate of drug-likeness (QED) is 0.663. The number of nitrogens with two attached hydrogens (primary N) is 1. The van der Waals surface area contributed by atoms with Crippen molar-refractivity contribution in [2.45, 2.75) is 25.4 Å². The van der Waals surface area contributed by atoms with E-state index >= 15 is 0 Å². The molecule has 4 atom stereocenters. The Balaban J connectivity index is 1.38. The molecule has 112 valence electrons. The van der Waals surface area contributed by atoms with E-state index in [1.54, 1.807) is 11.1 Å². The Hall–Kier alpha value is -1.55. The van der Waals surface area contributed by atoms with Gasteiger partial charge >= 0.3 is 0 Å². The van der Waals surface area contributed by atoms with E-state index < -0.39 is 0 Å². The van der Waals surface area contributed by atoms with Gasteiger partial charge in [-0.2, -0.15) is 0 Å². The smallest absolute Gasteiger partial charge is 0.191 e. The zero-order chi connectivity index (χ0) is 14.4. The van der Waals surface area contributed by atoms with Gasteiger partial charge in [0, 0.05) is 19.6 Å². The summed E-state index contributed by atoms with van der Waals surface area (Å²) in [4.78, 5) is 6.82. The summed E-state index contributed by atoms with van der Waals surface area (Å²) in [5, 5.41) is 0. The summed E-state index contributed by atoms with van der Waals surface area (Å²) in [7, 11) is 0. The van der Waals surface area contributed by atoms with E-state index in [0.29, 0.717) is 11.9 Å². The summed E-state index contributed by atoms with van der Waals surface area (Å²) in [5.74, 6) is 2.95. The van der Waals surface area contributed by atoms with Crippen molar-refractivity contribution in [2.75, 3.05) is 26.2 Å². The van der Waals surface area contributed by atoms with Crippen LogP contribution in [-0.4, -0.2) is 43.2 Å². The Morgan fingerprint density at radius 2 is 2.29 bits per heavy atom. The van der Waals surface area contributed by atoms with Crippen molar-refractivity contribution in [3.8, 4) is 0 Å². The van der Waals surface area contributed by atoms with Crippen LogP contribution in [0.1, 0.15) is 24.0 Å². The van der Waals surface area contributed by atoms with Crippen LogP contribution in [-0.2, 0) is 11.2 Å². The normalized spacial score (nSPS) is 34.5. The minimum atomic E-state index is 0.250. The number of benzene rings is 1. The number of morpholine rings is 1. The van der Waals surface area contributed by atoms with Crippen LogP contribution in [0.5, 0.6) is 0 Å². The number of guanidine groups is 1. The van der Waals surface area contributed by atoms with Gasteiger partial charge in [0.15, 0.2) is 5.96 Å². The van der Waals surface area contributed by atoms with Crippen molar-refractivity contribution in [3.63, 3.8) is 0 Å². The van der Waals surface area contributed by atoms with Gasteiger partial charge < -0.3 is 15.4 Å². The molecule has 1 aliphatic heterocycles. The van der Waals surface area contributed by atoms with Crippen molar-refractivity contribution in [3.05, 3.63) is 35.4 Å². The van der Waals surface area contributed by atoms with E-state index in [9.17, 15) is 0 Å². The molecular formula is C17H23N3O. The maximum Gasteiger partial charge on any atom is 0.191 e. The number of rotatable bonds is 2. The lowest BCUT2D eigenvalue weighted by Gasteiger charge is -2.31. The molecule has 1 aromatic rings. The summed E-state index contributed by atoms with van der Waals surface area (Å²) in [6.45, 7) is 5.43. The van der Waals surface area contributed by atoms with Gasteiger partial charge in [-0.25, -0.2) is 0 Å². The van der Waals surface area contributed by atoms with Gasteiger partial charge in [0.2, 0.25) is 0 Å². The van der Waals surface area contributed by atoms with Crippen LogP contribution in [0.25, 0.3) is 0 Å². The average molecular weight is 285 g/mol. The third-order valence-corrected chi connectivity index (χ3v) is 5.23. The number of aliphatic imine (C=N–C) groups is 1. The van der Waals surface area contributed by atoms with Crippen LogP contribution in [0.2, 0.25) is 0 Å². The molecule has 21 heavy (non-hydrogen) atoms. The zero-order valence-electron chi connectivity index (χ0n) is 12.5. The van der Waals surface area contributed by atoms with E-state index in [1.165, 1.54) is 6.42 Å². The van der Waals surface area contributed by atoms with Gasteiger partial charge in [0.1, 0.15) is 0 Å². The molecule has 2 N–H and O–H groups in total. The first-order valence-electron chi connectivity index (χ1n) is 7.98. The molecule has 1 aromatic carbocycles. The van der Waals surface area contributed by atoms with Gasteiger partial charge in [0.05, 0.1) is 12.7 Å². The van der Waals surface area contributed by atoms with E-state index in [-0.39, 0.29) is 6.10 Å². The van der Waals surface area contributed by atoms with E-state index in [2.05, 4.69) is 41.1 Å². The Morgan fingerprint density at radius 3 is 3.14 bits per heavy atom. The monoisotopic (exact) mass is 285 g/mol. The Kier molecular flexibility index (Phi) is 3.14. The van der Waals surface area contributed by atoms with Crippen LogP contribution in [0.3, 0.4) is 0 Å². The molecule has 4 unspecified atom stereocenters. The topological polar surface area (TPSA) is 50.8 Å². The highest BCUT2D eigenvalue weighted by molar-refractivity contribution is 5.78. The summed E-state index contributed by atoms with van der Waals surface area (Å²) in [6, 6.07) is 8.86. The molecule has 2 fully saturated rings. The third kappa shape index (κ3) is 2.31. The molecule has 3 aliphatic rings. The lowest BCUT2D eigenvalue weighted by Crippen LogP contribution is -2.48. The van der Waals surface area contributed by atoms with Crippen LogP contribution in [0.15, 0.2) is 29.3 Å². The predicted octanol–water partition coefficient (Wildman–Crippen LogP) is 1.61. The van der Waals surface area contributed by atoms with E-state index in [0.717, 1.165) is 38.1 Å². The minimum absolute atomic E-state index is 0.250. The highest BCUT2D eigenvalue weighted by Gasteiger charge is 2.54. The molecule has 0 spiro atoms. The molecule has 1 heterocycles. The fraction of sp³-hybridized carbons (Fsp3) is 0.588. The van der Waals surface area contributed by atoms with Gasteiger partial charge in [-0.3, -0.25) is 4.99 Å². The molecule has 0 radical (unpaired) electrons.